The van der Waals surface area contributed by atoms with Gasteiger partial charge in [-0.15, -0.1) is 0 Å². The van der Waals surface area contributed by atoms with Crippen molar-refractivity contribution in [1.82, 2.24) is 4.98 Å². The summed E-state index contributed by atoms with van der Waals surface area (Å²) in [5.41, 5.74) is 1.67. The molecule has 20 heavy (non-hydrogen) atoms. The topological polar surface area (TPSA) is 94.6 Å². The van der Waals surface area contributed by atoms with Gasteiger partial charge in [-0.2, -0.15) is 0 Å². The Morgan fingerprint density at radius 1 is 1.20 bits per heavy atom. The lowest BCUT2D eigenvalue weighted by Crippen LogP contribution is -2.17. The number of nitrogens with zero attached hydrogens (tertiary/aromatic N) is 1. The summed E-state index contributed by atoms with van der Waals surface area (Å²) in [5, 5.41) is 14.4. The minimum absolute atomic E-state index is 0.190. The summed E-state index contributed by atoms with van der Waals surface area (Å²) < 4.78 is 0. The standard InChI is InChI=1S/C14H13N3O3/c1-9(17-20)10-5-7-11(8-6-10)15-14(19)12-3-2-4-13(18)16-12/h2-8,20H,1H3,(H,15,19)(H,16,18)/b17-9-. The van der Waals surface area contributed by atoms with E-state index in [9.17, 15) is 9.59 Å². The molecule has 2 aromatic rings. The van der Waals surface area contributed by atoms with Gasteiger partial charge in [0.05, 0.1) is 5.71 Å². The van der Waals surface area contributed by atoms with Crippen molar-refractivity contribution >= 4 is 17.3 Å². The second kappa shape index (κ2) is 5.83. The maximum atomic E-state index is 11.9. The molecule has 1 aromatic carbocycles. The molecule has 1 amide bonds. The first kappa shape index (κ1) is 13.5. The normalized spacial score (nSPS) is 11.2. The number of aromatic nitrogens is 1. The molecule has 0 atom stereocenters. The Labute approximate surface area is 114 Å². The van der Waals surface area contributed by atoms with Crippen LogP contribution in [-0.2, 0) is 0 Å². The number of oxime groups is 1. The Kier molecular flexibility index (Phi) is 3.95. The number of H-pyrrole nitrogens is 1. The molecule has 0 aliphatic heterocycles. The van der Waals surface area contributed by atoms with Gasteiger partial charge < -0.3 is 15.5 Å². The van der Waals surface area contributed by atoms with Crippen molar-refractivity contribution in [2.75, 3.05) is 5.32 Å². The van der Waals surface area contributed by atoms with Crippen LogP contribution in [0.5, 0.6) is 0 Å². The van der Waals surface area contributed by atoms with Gasteiger partial charge in [0.2, 0.25) is 5.56 Å². The van der Waals surface area contributed by atoms with Crippen molar-refractivity contribution < 1.29 is 10.0 Å². The second-order valence-electron chi connectivity index (χ2n) is 4.15. The van der Waals surface area contributed by atoms with E-state index in [1.165, 1.54) is 18.2 Å². The van der Waals surface area contributed by atoms with Crippen LogP contribution in [-0.4, -0.2) is 21.8 Å². The van der Waals surface area contributed by atoms with Crippen molar-refractivity contribution in [3.63, 3.8) is 0 Å². The average Bonchev–Trinajstić information content (AvgIpc) is 2.47. The van der Waals surface area contributed by atoms with Crippen LogP contribution < -0.4 is 10.9 Å². The molecular formula is C14H13N3O3. The minimum Gasteiger partial charge on any atom is -0.411 e. The summed E-state index contributed by atoms with van der Waals surface area (Å²) in [6.45, 7) is 1.67. The number of rotatable bonds is 3. The highest BCUT2D eigenvalue weighted by atomic mass is 16.4. The Morgan fingerprint density at radius 2 is 1.90 bits per heavy atom. The third kappa shape index (κ3) is 3.11. The fraction of sp³-hybridized carbons (Fsp3) is 0.0714. The molecular weight excluding hydrogens is 258 g/mol. The van der Waals surface area contributed by atoms with Crippen LogP contribution in [0, 0.1) is 0 Å². The molecule has 0 saturated carbocycles. The van der Waals surface area contributed by atoms with Crippen LogP contribution in [0.3, 0.4) is 0 Å². The van der Waals surface area contributed by atoms with E-state index in [-0.39, 0.29) is 11.3 Å². The molecule has 0 aliphatic rings. The highest BCUT2D eigenvalue weighted by Crippen LogP contribution is 2.11. The van der Waals surface area contributed by atoms with E-state index in [2.05, 4.69) is 15.5 Å². The molecule has 0 unspecified atom stereocenters. The first-order valence-electron chi connectivity index (χ1n) is 5.90. The van der Waals surface area contributed by atoms with Gasteiger partial charge in [-0.1, -0.05) is 23.4 Å². The minimum atomic E-state index is -0.400. The third-order valence-corrected chi connectivity index (χ3v) is 2.72. The lowest BCUT2D eigenvalue weighted by molar-refractivity contribution is 0.102. The van der Waals surface area contributed by atoms with Crippen LogP contribution in [0.25, 0.3) is 0 Å². The Hall–Kier alpha value is -2.89. The van der Waals surface area contributed by atoms with Crippen LogP contribution in [0.2, 0.25) is 0 Å². The average molecular weight is 271 g/mol. The summed E-state index contributed by atoms with van der Waals surface area (Å²) in [6, 6.07) is 11.2. The second-order valence-corrected chi connectivity index (χ2v) is 4.15. The van der Waals surface area contributed by atoms with Gasteiger partial charge in [-0.3, -0.25) is 9.59 Å². The molecule has 0 spiro atoms. The summed E-state index contributed by atoms with van der Waals surface area (Å²) in [5.74, 6) is -0.400. The maximum Gasteiger partial charge on any atom is 0.272 e. The first-order chi connectivity index (χ1) is 9.60. The Morgan fingerprint density at radius 3 is 2.50 bits per heavy atom. The van der Waals surface area contributed by atoms with E-state index in [0.29, 0.717) is 11.4 Å². The number of carbonyl (C=O) groups is 1. The molecule has 0 bridgehead atoms. The third-order valence-electron chi connectivity index (χ3n) is 2.72. The number of nitrogens with one attached hydrogen (secondary N) is 2. The van der Waals surface area contributed by atoms with Crippen molar-refractivity contribution in [1.29, 1.82) is 0 Å². The zero-order valence-corrected chi connectivity index (χ0v) is 10.8. The van der Waals surface area contributed by atoms with E-state index < -0.39 is 5.91 Å². The monoisotopic (exact) mass is 271 g/mol. The van der Waals surface area contributed by atoms with E-state index in [1.807, 2.05) is 0 Å². The van der Waals surface area contributed by atoms with E-state index in [0.717, 1.165) is 5.56 Å². The molecule has 0 saturated heterocycles. The molecule has 1 heterocycles. The molecule has 6 heteroatoms. The smallest absolute Gasteiger partial charge is 0.272 e. The van der Waals surface area contributed by atoms with Gasteiger partial charge in [0.15, 0.2) is 0 Å². The van der Waals surface area contributed by atoms with Crippen molar-refractivity contribution in [2.45, 2.75) is 6.92 Å². The molecule has 3 N–H and O–H groups in total. The molecule has 0 fully saturated rings. The largest absolute Gasteiger partial charge is 0.411 e. The molecule has 102 valence electrons. The number of carbonyl (C=O) groups excluding carboxylic acids is 1. The molecule has 2 rings (SSSR count). The van der Waals surface area contributed by atoms with Crippen LogP contribution in [0.15, 0.2) is 52.4 Å². The number of amides is 1. The number of pyridine rings is 1. The summed E-state index contributed by atoms with van der Waals surface area (Å²) in [6.07, 6.45) is 0. The highest BCUT2D eigenvalue weighted by molar-refractivity contribution is 6.03. The number of hydrogen-bond donors (Lipinski definition) is 3. The van der Waals surface area contributed by atoms with Gasteiger partial charge >= 0.3 is 0 Å². The fourth-order valence-electron chi connectivity index (χ4n) is 1.63. The van der Waals surface area contributed by atoms with Crippen molar-refractivity contribution in [3.05, 3.63) is 64.1 Å². The molecule has 0 radical (unpaired) electrons. The van der Waals surface area contributed by atoms with Gasteiger partial charge in [0.1, 0.15) is 5.69 Å². The van der Waals surface area contributed by atoms with Crippen LogP contribution in [0.4, 0.5) is 5.69 Å². The molecule has 0 aliphatic carbocycles. The van der Waals surface area contributed by atoms with Crippen LogP contribution in [0.1, 0.15) is 23.0 Å². The number of hydrogen-bond acceptors (Lipinski definition) is 4. The predicted octanol–water partition coefficient (Wildman–Crippen LogP) is 1.83. The van der Waals surface area contributed by atoms with Gasteiger partial charge in [-0.05, 0) is 30.7 Å². The molecule has 6 nitrogen and oxygen atoms in total. The van der Waals surface area contributed by atoms with Crippen molar-refractivity contribution in [2.24, 2.45) is 5.16 Å². The van der Waals surface area contributed by atoms with Gasteiger partial charge in [-0.25, -0.2) is 0 Å². The van der Waals surface area contributed by atoms with Gasteiger partial charge in [0.25, 0.3) is 5.91 Å². The number of aromatic amines is 1. The predicted molar refractivity (Wildman–Crippen MR) is 75.5 cm³/mol. The SMILES string of the molecule is C/C(=N/O)c1ccc(NC(=O)c2cccc(=O)[nH]2)cc1. The Bertz CT molecular complexity index is 702. The fourth-order valence-corrected chi connectivity index (χ4v) is 1.63. The quantitative estimate of drug-likeness (QED) is 0.451. The van der Waals surface area contributed by atoms with E-state index in [4.69, 9.17) is 5.21 Å². The number of anilines is 1. The Balaban J connectivity index is 2.14. The maximum absolute atomic E-state index is 11.9. The van der Waals surface area contributed by atoms with Crippen molar-refractivity contribution in [3.8, 4) is 0 Å². The highest BCUT2D eigenvalue weighted by Gasteiger charge is 2.06. The lowest BCUT2D eigenvalue weighted by Gasteiger charge is -2.06. The zero-order valence-electron chi connectivity index (χ0n) is 10.8. The number of benzene rings is 1. The molecule has 1 aromatic heterocycles. The lowest BCUT2D eigenvalue weighted by atomic mass is 10.1. The van der Waals surface area contributed by atoms with E-state index >= 15 is 0 Å². The summed E-state index contributed by atoms with van der Waals surface area (Å²) in [4.78, 5) is 25.5. The zero-order chi connectivity index (χ0) is 14.5. The van der Waals surface area contributed by atoms with Crippen LogP contribution >= 0.6 is 0 Å². The summed E-state index contributed by atoms with van der Waals surface area (Å²) in [7, 11) is 0. The van der Waals surface area contributed by atoms with E-state index in [1.54, 1.807) is 31.2 Å². The summed E-state index contributed by atoms with van der Waals surface area (Å²) >= 11 is 0. The first-order valence-corrected chi connectivity index (χ1v) is 5.90. The van der Waals surface area contributed by atoms with Gasteiger partial charge in [0, 0.05) is 11.8 Å².